The number of rotatable bonds is 3. The van der Waals surface area contributed by atoms with Crippen molar-refractivity contribution in [3.63, 3.8) is 0 Å². The van der Waals surface area contributed by atoms with E-state index in [4.69, 9.17) is 15.7 Å². The van der Waals surface area contributed by atoms with Gasteiger partial charge in [-0.3, -0.25) is 0 Å². The molecule has 6 heteroatoms. The van der Waals surface area contributed by atoms with E-state index in [1.165, 1.54) is 6.20 Å². The molecule has 0 unspecified atom stereocenters. The fraction of sp³-hybridized carbons (Fsp3) is 0.267. The molecule has 0 atom stereocenters. The van der Waals surface area contributed by atoms with Gasteiger partial charge in [0.05, 0.1) is 11.8 Å². The van der Waals surface area contributed by atoms with Gasteiger partial charge in [-0.2, -0.15) is 5.10 Å². The number of nitrogens with two attached hydrogens (primary N) is 1. The van der Waals surface area contributed by atoms with Crippen molar-refractivity contribution in [1.29, 1.82) is 0 Å². The van der Waals surface area contributed by atoms with Gasteiger partial charge in [-0.05, 0) is 17.5 Å². The van der Waals surface area contributed by atoms with Crippen molar-refractivity contribution in [2.45, 2.75) is 26.2 Å². The minimum absolute atomic E-state index is 0.0758. The lowest BCUT2D eigenvalue weighted by Crippen LogP contribution is -2.16. The third-order valence-corrected chi connectivity index (χ3v) is 2.97. The Hall–Kier alpha value is -2.63. The molecule has 0 bridgehead atoms. The van der Waals surface area contributed by atoms with E-state index in [0.717, 1.165) is 5.56 Å². The smallest absolute Gasteiger partial charge is 0.250 e. The van der Waals surface area contributed by atoms with Crippen LogP contribution in [0.15, 0.2) is 41.7 Å². The Bertz CT molecular complexity index is 663. The van der Waals surface area contributed by atoms with Gasteiger partial charge in [-0.1, -0.05) is 44.1 Å². The molecule has 2 rings (SSSR count). The van der Waals surface area contributed by atoms with E-state index in [9.17, 15) is 0 Å². The van der Waals surface area contributed by atoms with Crippen LogP contribution in [0.3, 0.4) is 0 Å². The molecule has 0 amide bonds. The predicted octanol–water partition coefficient (Wildman–Crippen LogP) is 2.66. The van der Waals surface area contributed by atoms with Gasteiger partial charge < -0.3 is 15.7 Å². The van der Waals surface area contributed by atoms with Crippen LogP contribution in [-0.2, 0) is 5.41 Å². The number of ether oxygens (including phenoxy) is 1. The van der Waals surface area contributed by atoms with Crippen LogP contribution in [-0.4, -0.2) is 21.2 Å². The highest BCUT2D eigenvalue weighted by molar-refractivity contribution is 5.98. The number of aromatic nitrogens is 2. The summed E-state index contributed by atoms with van der Waals surface area (Å²) in [7, 11) is 0. The van der Waals surface area contributed by atoms with Gasteiger partial charge in [0.15, 0.2) is 5.84 Å². The van der Waals surface area contributed by atoms with Crippen LogP contribution in [0.5, 0.6) is 11.6 Å². The maximum Gasteiger partial charge on any atom is 0.250 e. The highest BCUT2D eigenvalue weighted by atomic mass is 16.5. The molecule has 0 radical (unpaired) electrons. The zero-order valence-corrected chi connectivity index (χ0v) is 12.2. The van der Waals surface area contributed by atoms with E-state index in [1.807, 2.05) is 24.3 Å². The van der Waals surface area contributed by atoms with Crippen LogP contribution in [0.4, 0.5) is 0 Å². The molecule has 1 heterocycles. The highest BCUT2D eigenvalue weighted by Gasteiger charge is 2.20. The summed E-state index contributed by atoms with van der Waals surface area (Å²) in [5.74, 6) is 0.787. The van der Waals surface area contributed by atoms with Crippen molar-refractivity contribution in [2.24, 2.45) is 10.9 Å². The largest absolute Gasteiger partial charge is 0.437 e. The summed E-state index contributed by atoms with van der Waals surface area (Å²) >= 11 is 0. The molecule has 0 aliphatic rings. The average molecular weight is 286 g/mol. The summed E-state index contributed by atoms with van der Waals surface area (Å²) in [6.45, 7) is 6.28. The van der Waals surface area contributed by atoms with Gasteiger partial charge in [0.25, 0.3) is 0 Å². The van der Waals surface area contributed by atoms with Crippen molar-refractivity contribution >= 4 is 5.84 Å². The third-order valence-electron chi connectivity index (χ3n) is 2.97. The standard InChI is InChI=1S/C15H18N4O2/c1-15(2,3)11-6-4-5-7-12(11)21-14-10(13(16)19-20)8-9-17-18-14/h4-9,20H,1-3H3,(H2,16,19). The number of hydrogen-bond acceptors (Lipinski definition) is 5. The molecule has 2 aromatic rings. The zero-order chi connectivity index (χ0) is 15.5. The Morgan fingerprint density at radius 2 is 1.95 bits per heavy atom. The maximum atomic E-state index is 8.82. The number of oxime groups is 1. The van der Waals surface area contributed by atoms with Gasteiger partial charge in [0.2, 0.25) is 5.88 Å². The summed E-state index contributed by atoms with van der Waals surface area (Å²) in [4.78, 5) is 0. The number of para-hydroxylation sites is 1. The molecule has 0 saturated heterocycles. The highest BCUT2D eigenvalue weighted by Crippen LogP contribution is 2.33. The summed E-state index contributed by atoms with van der Waals surface area (Å²) in [6, 6.07) is 9.26. The van der Waals surface area contributed by atoms with E-state index >= 15 is 0 Å². The van der Waals surface area contributed by atoms with Crippen LogP contribution < -0.4 is 10.5 Å². The number of hydrogen-bond donors (Lipinski definition) is 2. The maximum absolute atomic E-state index is 8.82. The SMILES string of the molecule is CC(C)(C)c1ccccc1Oc1nnccc1/C(N)=N/O. The minimum atomic E-state index is -0.0877. The van der Waals surface area contributed by atoms with Crippen LogP contribution in [0.2, 0.25) is 0 Å². The Morgan fingerprint density at radius 1 is 1.24 bits per heavy atom. The first-order valence-corrected chi connectivity index (χ1v) is 6.50. The average Bonchev–Trinajstić information content (AvgIpc) is 2.46. The van der Waals surface area contributed by atoms with Gasteiger partial charge in [-0.15, -0.1) is 5.10 Å². The molecule has 1 aromatic carbocycles. The van der Waals surface area contributed by atoms with Crippen LogP contribution >= 0.6 is 0 Å². The van der Waals surface area contributed by atoms with E-state index in [-0.39, 0.29) is 17.1 Å². The van der Waals surface area contributed by atoms with Crippen molar-refractivity contribution < 1.29 is 9.94 Å². The first-order valence-electron chi connectivity index (χ1n) is 6.50. The molecular weight excluding hydrogens is 268 g/mol. The van der Waals surface area contributed by atoms with Crippen LogP contribution in [0, 0.1) is 0 Å². The third kappa shape index (κ3) is 3.28. The van der Waals surface area contributed by atoms with Gasteiger partial charge in [-0.25, -0.2) is 0 Å². The van der Waals surface area contributed by atoms with Crippen molar-refractivity contribution in [3.05, 3.63) is 47.7 Å². The van der Waals surface area contributed by atoms with E-state index < -0.39 is 0 Å². The number of benzene rings is 1. The van der Waals surface area contributed by atoms with E-state index in [1.54, 1.807) is 6.07 Å². The summed E-state index contributed by atoms with van der Waals surface area (Å²) in [5.41, 5.74) is 6.95. The van der Waals surface area contributed by atoms with E-state index in [2.05, 4.69) is 36.1 Å². The molecule has 110 valence electrons. The number of nitrogens with zero attached hydrogens (tertiary/aromatic N) is 3. The van der Waals surface area contributed by atoms with E-state index in [0.29, 0.717) is 11.3 Å². The quantitative estimate of drug-likeness (QED) is 0.391. The molecule has 0 spiro atoms. The molecular formula is C15H18N4O2. The second-order valence-electron chi connectivity index (χ2n) is 5.58. The topological polar surface area (TPSA) is 93.6 Å². The first kappa shape index (κ1) is 14.8. The predicted molar refractivity (Wildman–Crippen MR) is 79.8 cm³/mol. The Kier molecular flexibility index (Phi) is 4.07. The molecule has 6 nitrogen and oxygen atoms in total. The Balaban J connectivity index is 2.45. The molecule has 0 aliphatic carbocycles. The van der Waals surface area contributed by atoms with Crippen LogP contribution in [0.25, 0.3) is 0 Å². The van der Waals surface area contributed by atoms with Crippen molar-refractivity contribution in [1.82, 2.24) is 10.2 Å². The first-order chi connectivity index (χ1) is 9.93. The summed E-state index contributed by atoms with van der Waals surface area (Å²) in [5, 5.41) is 19.5. The van der Waals surface area contributed by atoms with Gasteiger partial charge >= 0.3 is 0 Å². The molecule has 1 aromatic heterocycles. The normalized spacial score (nSPS) is 12.2. The second kappa shape index (κ2) is 5.78. The van der Waals surface area contributed by atoms with Gasteiger partial charge in [0.1, 0.15) is 5.75 Å². The summed E-state index contributed by atoms with van der Waals surface area (Å²) < 4.78 is 5.84. The Labute approximate surface area is 123 Å². The zero-order valence-electron chi connectivity index (χ0n) is 12.2. The van der Waals surface area contributed by atoms with Crippen molar-refractivity contribution in [2.75, 3.05) is 0 Å². The van der Waals surface area contributed by atoms with Crippen molar-refractivity contribution in [3.8, 4) is 11.6 Å². The number of amidine groups is 1. The fourth-order valence-corrected chi connectivity index (χ4v) is 1.92. The Morgan fingerprint density at radius 3 is 2.62 bits per heavy atom. The molecule has 0 fully saturated rings. The molecule has 0 saturated carbocycles. The lowest BCUT2D eigenvalue weighted by atomic mass is 9.86. The molecule has 21 heavy (non-hydrogen) atoms. The molecule has 0 aliphatic heterocycles. The fourth-order valence-electron chi connectivity index (χ4n) is 1.92. The monoisotopic (exact) mass is 286 g/mol. The lowest BCUT2D eigenvalue weighted by molar-refractivity contribution is 0.318. The minimum Gasteiger partial charge on any atom is -0.437 e. The molecule has 3 N–H and O–H groups in total. The second-order valence-corrected chi connectivity index (χ2v) is 5.58. The summed E-state index contributed by atoms with van der Waals surface area (Å²) in [6.07, 6.45) is 1.45. The van der Waals surface area contributed by atoms with Gasteiger partial charge in [0, 0.05) is 5.56 Å². The van der Waals surface area contributed by atoms with Crippen LogP contribution in [0.1, 0.15) is 31.9 Å². The lowest BCUT2D eigenvalue weighted by Gasteiger charge is -2.22.